The van der Waals surface area contributed by atoms with Crippen LogP contribution in [0.4, 0.5) is 5.69 Å². The summed E-state index contributed by atoms with van der Waals surface area (Å²) >= 11 is 5.68. The Bertz CT molecular complexity index is 654. The summed E-state index contributed by atoms with van der Waals surface area (Å²) in [6, 6.07) is 6.70. The summed E-state index contributed by atoms with van der Waals surface area (Å²) in [6.45, 7) is 0. The molecule has 0 aliphatic heterocycles. The predicted octanol–water partition coefficient (Wildman–Crippen LogP) is 2.13. The molecule has 1 aromatic carbocycles. The first kappa shape index (κ1) is 14.9. The number of hydrogen-bond donors (Lipinski definition) is 2. The fraction of sp³-hybridized carbons (Fsp3) is 0.167. The van der Waals surface area contributed by atoms with Crippen molar-refractivity contribution in [3.8, 4) is 0 Å². The highest BCUT2D eigenvalue weighted by Crippen LogP contribution is 2.31. The van der Waals surface area contributed by atoms with E-state index in [1.165, 1.54) is 0 Å². The van der Waals surface area contributed by atoms with Crippen LogP contribution in [-0.4, -0.2) is 32.9 Å². The number of hydrogen-bond acceptors (Lipinski definition) is 8. The van der Waals surface area contributed by atoms with Gasteiger partial charge in [-0.2, -0.15) is 5.11 Å². The first-order valence-corrected chi connectivity index (χ1v) is 6.07. The Morgan fingerprint density at radius 2 is 1.86 bits per heavy atom. The number of nitrogens with zero attached hydrogens (tertiary/aromatic N) is 4. The van der Waals surface area contributed by atoms with Gasteiger partial charge in [-0.25, -0.2) is 0 Å². The Balaban J connectivity index is 2.41. The van der Waals surface area contributed by atoms with Gasteiger partial charge in [-0.15, -0.1) is 10.0 Å². The second kappa shape index (κ2) is 5.90. The van der Waals surface area contributed by atoms with Crippen LogP contribution in [0.25, 0.3) is 0 Å². The van der Waals surface area contributed by atoms with Crippen molar-refractivity contribution in [3.63, 3.8) is 0 Å². The van der Waals surface area contributed by atoms with Crippen LogP contribution >= 0.6 is 11.6 Å². The van der Waals surface area contributed by atoms with Gasteiger partial charge in [0.05, 0.1) is 5.69 Å². The van der Waals surface area contributed by atoms with Gasteiger partial charge in [0.15, 0.2) is 11.5 Å². The van der Waals surface area contributed by atoms with Crippen LogP contribution in [0.3, 0.4) is 0 Å². The molecule has 0 aromatic heterocycles. The number of oxime groups is 1. The first-order chi connectivity index (χ1) is 10.0. The van der Waals surface area contributed by atoms with E-state index < -0.39 is 22.6 Å². The zero-order chi connectivity index (χ0) is 15.5. The molecular weight excluding hydrogens is 300 g/mol. The van der Waals surface area contributed by atoms with E-state index in [4.69, 9.17) is 16.8 Å². The quantitative estimate of drug-likeness (QED) is 0.292. The molecule has 0 saturated heterocycles. The van der Waals surface area contributed by atoms with Crippen molar-refractivity contribution in [1.82, 2.24) is 0 Å². The molecule has 0 saturated carbocycles. The number of halogens is 1. The lowest BCUT2D eigenvalue weighted by molar-refractivity contribution is -0.118. The maximum atomic E-state index is 11.7. The van der Waals surface area contributed by atoms with Crippen molar-refractivity contribution in [2.45, 2.75) is 11.1 Å². The zero-order valence-corrected chi connectivity index (χ0v) is 11.2. The Morgan fingerprint density at radius 1 is 1.19 bits per heavy atom. The molecule has 2 rings (SSSR count). The second-order valence-electron chi connectivity index (χ2n) is 4.10. The highest BCUT2D eigenvalue weighted by atomic mass is 35.5. The van der Waals surface area contributed by atoms with Gasteiger partial charge in [-0.05, 0) is 12.1 Å². The molecule has 2 N–H and O–H groups in total. The van der Waals surface area contributed by atoms with Crippen molar-refractivity contribution < 1.29 is 15.1 Å². The van der Waals surface area contributed by atoms with E-state index in [1.54, 1.807) is 30.3 Å². The summed E-state index contributed by atoms with van der Waals surface area (Å²) in [5, 5.41) is 29.1. The van der Waals surface area contributed by atoms with E-state index in [2.05, 4.69) is 20.6 Å². The number of azo groups is 1. The van der Waals surface area contributed by atoms with Gasteiger partial charge in [-0.1, -0.05) is 40.1 Å². The summed E-state index contributed by atoms with van der Waals surface area (Å²) in [4.78, 5) is 22.3. The Kier molecular flexibility index (Phi) is 4.20. The third kappa shape index (κ3) is 2.86. The lowest BCUT2D eigenvalue weighted by atomic mass is 9.93. The van der Waals surface area contributed by atoms with Crippen LogP contribution in [0.1, 0.15) is 0 Å². The van der Waals surface area contributed by atoms with E-state index in [-0.39, 0.29) is 5.70 Å². The van der Waals surface area contributed by atoms with Gasteiger partial charge >= 0.3 is 0 Å². The number of ketones is 1. The fourth-order valence-electron chi connectivity index (χ4n) is 1.71. The number of aliphatic hydroxyl groups is 1. The molecule has 0 radical (unpaired) electrons. The van der Waals surface area contributed by atoms with E-state index in [1.807, 2.05) is 0 Å². The van der Waals surface area contributed by atoms with Gasteiger partial charge in [0.1, 0.15) is 5.70 Å². The normalized spacial score (nSPS) is 27.9. The lowest BCUT2D eigenvalue weighted by Crippen LogP contribution is -2.50. The molecular formula is C12H9ClN4O4. The Hall–Kier alpha value is -2.45. The first-order valence-electron chi connectivity index (χ1n) is 5.69. The average Bonchev–Trinajstić information content (AvgIpc) is 2.45. The van der Waals surface area contributed by atoms with Gasteiger partial charge in [-0.3, -0.25) is 4.79 Å². The second-order valence-corrected chi connectivity index (χ2v) is 4.67. The highest BCUT2D eigenvalue weighted by Gasteiger charge is 2.50. The lowest BCUT2D eigenvalue weighted by Gasteiger charge is -2.27. The van der Waals surface area contributed by atoms with Crippen LogP contribution in [0.15, 0.2) is 62.7 Å². The van der Waals surface area contributed by atoms with Gasteiger partial charge in [0.2, 0.25) is 11.1 Å². The number of nitroso groups, excluding NO2 is 1. The van der Waals surface area contributed by atoms with Gasteiger partial charge in [0, 0.05) is 6.08 Å². The molecule has 0 spiro atoms. The van der Waals surface area contributed by atoms with Crippen molar-refractivity contribution in [2.24, 2.45) is 20.6 Å². The van der Waals surface area contributed by atoms with Crippen molar-refractivity contribution in [3.05, 3.63) is 47.0 Å². The standard InChI is InChI=1S/C12H9ClN4O4/c13-12(19)10(16-20)8(6-9(18)11(12)17-21)15-14-7-4-2-1-3-5-7/h1-6,11,19-20H/b15-14?,16-10-. The van der Waals surface area contributed by atoms with Crippen LogP contribution in [-0.2, 0) is 4.79 Å². The molecule has 2 unspecified atom stereocenters. The van der Waals surface area contributed by atoms with Gasteiger partial charge < -0.3 is 10.3 Å². The minimum atomic E-state index is -2.58. The van der Waals surface area contributed by atoms with Crippen LogP contribution in [0, 0.1) is 4.91 Å². The summed E-state index contributed by atoms with van der Waals surface area (Å²) < 4.78 is 0. The Labute approximate surface area is 123 Å². The molecule has 21 heavy (non-hydrogen) atoms. The largest absolute Gasteiger partial charge is 0.410 e. The van der Waals surface area contributed by atoms with E-state index >= 15 is 0 Å². The van der Waals surface area contributed by atoms with Gasteiger partial charge in [0.25, 0.3) is 0 Å². The van der Waals surface area contributed by atoms with Crippen molar-refractivity contribution in [2.75, 3.05) is 0 Å². The van der Waals surface area contributed by atoms with Crippen LogP contribution in [0.2, 0.25) is 0 Å². The number of alkyl halides is 1. The molecule has 9 heteroatoms. The molecule has 1 aliphatic rings. The third-order valence-corrected chi connectivity index (χ3v) is 3.11. The summed E-state index contributed by atoms with van der Waals surface area (Å²) in [6.07, 6.45) is 0.879. The maximum absolute atomic E-state index is 11.7. The number of carbonyl (C=O) groups excluding carboxylic acids is 1. The third-order valence-electron chi connectivity index (χ3n) is 2.72. The molecule has 0 fully saturated rings. The molecule has 0 amide bonds. The summed E-state index contributed by atoms with van der Waals surface area (Å²) in [5.74, 6) is -0.864. The monoisotopic (exact) mass is 308 g/mol. The zero-order valence-electron chi connectivity index (χ0n) is 10.4. The molecule has 1 aromatic rings. The molecule has 8 nitrogen and oxygen atoms in total. The minimum absolute atomic E-state index is 0.260. The van der Waals surface area contributed by atoms with E-state index in [0.29, 0.717) is 5.69 Å². The molecule has 108 valence electrons. The average molecular weight is 309 g/mol. The van der Waals surface area contributed by atoms with E-state index in [9.17, 15) is 14.8 Å². The van der Waals surface area contributed by atoms with Crippen LogP contribution in [0.5, 0.6) is 0 Å². The van der Waals surface area contributed by atoms with Crippen molar-refractivity contribution in [1.29, 1.82) is 0 Å². The molecule has 0 bridgehead atoms. The minimum Gasteiger partial charge on any atom is -0.410 e. The number of carbonyl (C=O) groups is 1. The maximum Gasteiger partial charge on any atom is 0.220 e. The number of rotatable bonds is 3. The topological polar surface area (TPSA) is 124 Å². The van der Waals surface area contributed by atoms with Crippen LogP contribution < -0.4 is 0 Å². The molecule has 2 atom stereocenters. The predicted molar refractivity (Wildman–Crippen MR) is 73.7 cm³/mol. The molecule has 0 heterocycles. The smallest absolute Gasteiger partial charge is 0.220 e. The highest BCUT2D eigenvalue weighted by molar-refractivity contribution is 6.41. The number of benzene rings is 1. The summed E-state index contributed by atoms with van der Waals surface area (Å²) in [5.41, 5.74) is -0.367. The Morgan fingerprint density at radius 3 is 2.43 bits per heavy atom. The SMILES string of the molecule is O=NC1C(=O)C=C(N=Nc2ccccc2)/C(=N/O)C1(O)Cl. The van der Waals surface area contributed by atoms with Crippen molar-refractivity contribution >= 4 is 28.8 Å². The molecule has 1 aliphatic carbocycles. The summed E-state index contributed by atoms with van der Waals surface area (Å²) in [7, 11) is 0. The van der Waals surface area contributed by atoms with E-state index in [0.717, 1.165) is 6.08 Å². The fourth-order valence-corrected chi connectivity index (χ4v) is 1.99.